The first-order chi connectivity index (χ1) is 7.77. The molecule has 1 aromatic rings. The minimum Gasteiger partial charge on any atom is -0.374 e. The Morgan fingerprint density at radius 1 is 1.50 bits per heavy atom. The molecule has 0 aliphatic carbocycles. The summed E-state index contributed by atoms with van der Waals surface area (Å²) in [5.41, 5.74) is 2.35. The molecule has 0 atom stereocenters. The molecule has 0 aliphatic rings. The normalized spacial score (nSPS) is 10.4. The van der Waals surface area contributed by atoms with Crippen molar-refractivity contribution in [2.45, 2.75) is 13.5 Å². The summed E-state index contributed by atoms with van der Waals surface area (Å²) in [5, 5.41) is 3.29. The van der Waals surface area contributed by atoms with Gasteiger partial charge in [-0.1, -0.05) is 6.92 Å². The lowest BCUT2D eigenvalue weighted by Gasteiger charge is -2.19. The Morgan fingerprint density at radius 2 is 2.31 bits per heavy atom. The maximum atomic E-state index is 4.35. The summed E-state index contributed by atoms with van der Waals surface area (Å²) in [7, 11) is 2.13. The molecular weight excluding hydrogens is 218 g/mol. The van der Waals surface area contributed by atoms with Gasteiger partial charge in [0.05, 0.1) is 5.69 Å². The number of nitrogens with zero attached hydrogens (tertiary/aromatic N) is 2. The van der Waals surface area contributed by atoms with E-state index in [-0.39, 0.29) is 0 Å². The molecule has 0 saturated heterocycles. The van der Waals surface area contributed by atoms with Gasteiger partial charge in [-0.15, -0.1) is 0 Å². The molecule has 1 aromatic heterocycles. The maximum absolute atomic E-state index is 4.35. The van der Waals surface area contributed by atoms with Gasteiger partial charge in [-0.25, -0.2) is 0 Å². The Kier molecular flexibility index (Phi) is 6.26. The molecule has 0 aliphatic heterocycles. The summed E-state index contributed by atoms with van der Waals surface area (Å²) in [6.45, 7) is 5.01. The van der Waals surface area contributed by atoms with Crippen molar-refractivity contribution in [3.05, 3.63) is 24.0 Å². The van der Waals surface area contributed by atoms with Crippen molar-refractivity contribution in [3.8, 4) is 0 Å². The van der Waals surface area contributed by atoms with Gasteiger partial charge in [-0.05, 0) is 24.9 Å². The SMILES string of the molecule is CCNCc1cc(N(C)CCSC)ccn1. The van der Waals surface area contributed by atoms with E-state index in [1.807, 2.05) is 18.0 Å². The zero-order chi connectivity index (χ0) is 11.8. The molecule has 0 spiro atoms. The van der Waals surface area contributed by atoms with E-state index < -0.39 is 0 Å². The van der Waals surface area contributed by atoms with E-state index in [0.717, 1.165) is 31.1 Å². The second-order valence-corrected chi connectivity index (χ2v) is 4.69. The zero-order valence-corrected chi connectivity index (χ0v) is 11.2. The number of pyridine rings is 1. The minimum atomic E-state index is 0.848. The first-order valence-electron chi connectivity index (χ1n) is 5.63. The van der Waals surface area contributed by atoms with E-state index >= 15 is 0 Å². The van der Waals surface area contributed by atoms with Gasteiger partial charge in [-0.2, -0.15) is 11.8 Å². The van der Waals surface area contributed by atoms with Gasteiger partial charge in [0.25, 0.3) is 0 Å². The Bertz CT molecular complexity index is 304. The Balaban J connectivity index is 2.58. The van der Waals surface area contributed by atoms with Crippen molar-refractivity contribution in [3.63, 3.8) is 0 Å². The van der Waals surface area contributed by atoms with Crippen molar-refractivity contribution in [2.75, 3.05) is 37.0 Å². The first kappa shape index (κ1) is 13.3. The van der Waals surface area contributed by atoms with Crippen LogP contribution in [-0.4, -0.2) is 37.1 Å². The molecule has 3 nitrogen and oxygen atoms in total. The predicted octanol–water partition coefficient (Wildman–Crippen LogP) is 1.99. The monoisotopic (exact) mass is 239 g/mol. The van der Waals surface area contributed by atoms with Gasteiger partial charge in [0.2, 0.25) is 0 Å². The van der Waals surface area contributed by atoms with Gasteiger partial charge >= 0.3 is 0 Å². The molecule has 1 N–H and O–H groups in total. The third-order valence-electron chi connectivity index (χ3n) is 2.43. The third-order valence-corrected chi connectivity index (χ3v) is 3.02. The van der Waals surface area contributed by atoms with E-state index in [1.54, 1.807) is 0 Å². The van der Waals surface area contributed by atoms with Crippen LogP contribution in [0.1, 0.15) is 12.6 Å². The lowest BCUT2D eigenvalue weighted by atomic mass is 10.3. The molecule has 0 fully saturated rings. The van der Waals surface area contributed by atoms with E-state index in [2.05, 4.69) is 47.6 Å². The molecule has 90 valence electrons. The van der Waals surface area contributed by atoms with Crippen molar-refractivity contribution in [2.24, 2.45) is 0 Å². The highest BCUT2D eigenvalue weighted by atomic mass is 32.2. The van der Waals surface area contributed by atoms with Gasteiger partial charge < -0.3 is 10.2 Å². The number of rotatable bonds is 7. The molecule has 4 heteroatoms. The smallest absolute Gasteiger partial charge is 0.0562 e. The highest BCUT2D eigenvalue weighted by Gasteiger charge is 2.01. The van der Waals surface area contributed by atoms with E-state index in [0.29, 0.717) is 0 Å². The molecule has 0 bridgehead atoms. The molecule has 0 unspecified atom stereocenters. The van der Waals surface area contributed by atoms with Crippen LogP contribution in [0.3, 0.4) is 0 Å². The highest BCUT2D eigenvalue weighted by molar-refractivity contribution is 7.98. The van der Waals surface area contributed by atoms with E-state index in [1.165, 1.54) is 5.69 Å². The number of thioether (sulfide) groups is 1. The lowest BCUT2D eigenvalue weighted by molar-refractivity contribution is 0.710. The Labute approximate surface area is 103 Å². The fourth-order valence-electron chi connectivity index (χ4n) is 1.41. The zero-order valence-electron chi connectivity index (χ0n) is 10.4. The van der Waals surface area contributed by atoms with Crippen molar-refractivity contribution < 1.29 is 0 Å². The summed E-state index contributed by atoms with van der Waals surface area (Å²) < 4.78 is 0. The van der Waals surface area contributed by atoms with Crippen LogP contribution in [0.15, 0.2) is 18.3 Å². The number of hydrogen-bond donors (Lipinski definition) is 1. The largest absolute Gasteiger partial charge is 0.374 e. The topological polar surface area (TPSA) is 28.2 Å². The van der Waals surface area contributed by atoms with Crippen LogP contribution in [-0.2, 0) is 6.54 Å². The second kappa shape index (κ2) is 7.52. The number of hydrogen-bond acceptors (Lipinski definition) is 4. The van der Waals surface area contributed by atoms with Crippen LogP contribution in [0, 0.1) is 0 Å². The minimum absolute atomic E-state index is 0.848. The summed E-state index contributed by atoms with van der Waals surface area (Å²) in [4.78, 5) is 6.62. The number of nitrogens with one attached hydrogen (secondary N) is 1. The average molecular weight is 239 g/mol. The second-order valence-electron chi connectivity index (χ2n) is 3.70. The lowest BCUT2D eigenvalue weighted by Crippen LogP contribution is -2.21. The molecular formula is C12H21N3S. The summed E-state index contributed by atoms with van der Waals surface area (Å²) in [6, 6.07) is 4.22. The summed E-state index contributed by atoms with van der Waals surface area (Å²) >= 11 is 1.87. The molecule has 0 radical (unpaired) electrons. The number of aromatic nitrogens is 1. The Morgan fingerprint density at radius 3 is 3.00 bits per heavy atom. The molecule has 16 heavy (non-hydrogen) atoms. The molecule has 1 rings (SSSR count). The van der Waals surface area contributed by atoms with Gasteiger partial charge in [-0.3, -0.25) is 4.98 Å². The van der Waals surface area contributed by atoms with Crippen LogP contribution in [0.25, 0.3) is 0 Å². The van der Waals surface area contributed by atoms with E-state index in [4.69, 9.17) is 0 Å². The van der Waals surface area contributed by atoms with Crippen LogP contribution < -0.4 is 10.2 Å². The molecule has 0 aromatic carbocycles. The molecule has 0 amide bonds. The third kappa shape index (κ3) is 4.41. The molecule has 1 heterocycles. The van der Waals surface area contributed by atoms with Crippen molar-refractivity contribution in [1.29, 1.82) is 0 Å². The predicted molar refractivity (Wildman–Crippen MR) is 73.3 cm³/mol. The van der Waals surface area contributed by atoms with Crippen LogP contribution in [0.4, 0.5) is 5.69 Å². The van der Waals surface area contributed by atoms with E-state index in [9.17, 15) is 0 Å². The molecule has 0 saturated carbocycles. The first-order valence-corrected chi connectivity index (χ1v) is 7.03. The maximum Gasteiger partial charge on any atom is 0.0562 e. The standard InChI is InChI=1S/C12H21N3S/c1-4-13-10-11-9-12(5-6-14-11)15(2)7-8-16-3/h5-6,9,13H,4,7-8,10H2,1-3H3. The van der Waals surface area contributed by atoms with Crippen molar-refractivity contribution >= 4 is 17.4 Å². The van der Waals surface area contributed by atoms with Gasteiger partial charge in [0, 0.05) is 37.8 Å². The van der Waals surface area contributed by atoms with Crippen LogP contribution in [0.5, 0.6) is 0 Å². The fraction of sp³-hybridized carbons (Fsp3) is 0.583. The summed E-state index contributed by atoms with van der Waals surface area (Å²) in [5.74, 6) is 1.15. The Hall–Kier alpha value is -0.740. The quantitative estimate of drug-likeness (QED) is 0.787. The average Bonchev–Trinajstić information content (AvgIpc) is 2.33. The summed E-state index contributed by atoms with van der Waals surface area (Å²) in [6.07, 6.45) is 4.02. The fourth-order valence-corrected chi connectivity index (χ4v) is 1.87. The van der Waals surface area contributed by atoms with Gasteiger partial charge in [0.1, 0.15) is 0 Å². The number of anilines is 1. The van der Waals surface area contributed by atoms with Crippen LogP contribution >= 0.6 is 11.8 Å². The van der Waals surface area contributed by atoms with Crippen molar-refractivity contribution in [1.82, 2.24) is 10.3 Å². The highest BCUT2D eigenvalue weighted by Crippen LogP contribution is 2.13. The van der Waals surface area contributed by atoms with Gasteiger partial charge in [0.15, 0.2) is 0 Å². The van der Waals surface area contributed by atoms with Crippen LogP contribution in [0.2, 0.25) is 0 Å².